The van der Waals surface area contributed by atoms with Crippen molar-refractivity contribution in [1.82, 2.24) is 0 Å². The van der Waals surface area contributed by atoms with Crippen molar-refractivity contribution in [3.05, 3.63) is 77.9 Å². The van der Waals surface area contributed by atoms with Gasteiger partial charge in [-0.25, -0.2) is 9.59 Å². The van der Waals surface area contributed by atoms with E-state index in [0.717, 1.165) is 0 Å². The Morgan fingerprint density at radius 3 is 1.70 bits per heavy atom. The highest BCUT2D eigenvalue weighted by Crippen LogP contribution is 2.31. The molecule has 0 unspecified atom stereocenters. The van der Waals surface area contributed by atoms with E-state index in [-0.39, 0.29) is 11.1 Å². The first-order valence-electron chi connectivity index (χ1n) is 8.04. The van der Waals surface area contributed by atoms with Crippen molar-refractivity contribution in [3.8, 4) is 0 Å². The van der Waals surface area contributed by atoms with Crippen molar-refractivity contribution in [1.29, 1.82) is 0 Å². The Labute approximate surface area is 155 Å². The molecule has 3 aromatic rings. The molecule has 136 valence electrons. The average Bonchev–Trinajstić information content (AvgIpc) is 2.65. The lowest BCUT2D eigenvalue weighted by Crippen LogP contribution is -2.06. The van der Waals surface area contributed by atoms with Crippen LogP contribution in [0, 0.1) is 0 Å². The third-order valence-corrected chi connectivity index (χ3v) is 3.90. The third-order valence-electron chi connectivity index (χ3n) is 3.90. The summed E-state index contributed by atoms with van der Waals surface area (Å²) >= 11 is 0. The number of hydrogen-bond donors (Lipinski definition) is 5. The van der Waals surface area contributed by atoms with Gasteiger partial charge in [0.25, 0.3) is 0 Å². The molecule has 3 aromatic carbocycles. The van der Waals surface area contributed by atoms with Crippen LogP contribution in [0.2, 0.25) is 0 Å². The van der Waals surface area contributed by atoms with Gasteiger partial charge < -0.3 is 26.6 Å². The third kappa shape index (κ3) is 3.98. The molecule has 0 aliphatic carbocycles. The topological polar surface area (TPSA) is 125 Å². The molecule has 0 saturated carbocycles. The predicted octanol–water partition coefficient (Wildman–Crippen LogP) is 4.15. The zero-order valence-electron chi connectivity index (χ0n) is 14.1. The van der Waals surface area contributed by atoms with Crippen LogP contribution < -0.4 is 16.4 Å². The van der Waals surface area contributed by atoms with Crippen molar-refractivity contribution < 1.29 is 19.8 Å². The number of para-hydroxylation sites is 3. The van der Waals surface area contributed by atoms with Crippen LogP contribution in [0.3, 0.4) is 0 Å². The molecule has 0 aliphatic rings. The van der Waals surface area contributed by atoms with Gasteiger partial charge in [-0.1, -0.05) is 24.3 Å². The zero-order chi connectivity index (χ0) is 19.4. The SMILES string of the molecule is Nc1ccc(Nc2ccccc2Nc2ccccc2C(=O)O)c(C(=O)O)c1. The normalized spacial score (nSPS) is 10.2. The zero-order valence-corrected chi connectivity index (χ0v) is 14.1. The quantitative estimate of drug-likeness (QED) is 0.417. The number of carboxylic acids is 2. The highest BCUT2D eigenvalue weighted by Gasteiger charge is 2.14. The van der Waals surface area contributed by atoms with Crippen LogP contribution in [0.15, 0.2) is 66.7 Å². The molecule has 0 spiro atoms. The van der Waals surface area contributed by atoms with Gasteiger partial charge in [-0.15, -0.1) is 0 Å². The highest BCUT2D eigenvalue weighted by molar-refractivity contribution is 5.98. The molecule has 0 atom stereocenters. The summed E-state index contributed by atoms with van der Waals surface area (Å²) in [5.74, 6) is -2.15. The van der Waals surface area contributed by atoms with Gasteiger partial charge >= 0.3 is 11.9 Å². The summed E-state index contributed by atoms with van der Waals surface area (Å²) in [7, 11) is 0. The van der Waals surface area contributed by atoms with Gasteiger partial charge in [0.05, 0.1) is 33.9 Å². The van der Waals surface area contributed by atoms with Crippen LogP contribution in [0.5, 0.6) is 0 Å². The minimum absolute atomic E-state index is 0.0377. The van der Waals surface area contributed by atoms with Crippen molar-refractivity contribution in [2.45, 2.75) is 0 Å². The molecule has 3 rings (SSSR count). The smallest absolute Gasteiger partial charge is 0.337 e. The molecule has 0 amide bonds. The van der Waals surface area contributed by atoms with E-state index in [4.69, 9.17) is 5.73 Å². The maximum atomic E-state index is 11.5. The lowest BCUT2D eigenvalue weighted by molar-refractivity contribution is 0.0687. The van der Waals surface area contributed by atoms with Crippen molar-refractivity contribution >= 4 is 40.4 Å². The monoisotopic (exact) mass is 363 g/mol. The van der Waals surface area contributed by atoms with Crippen molar-refractivity contribution in [2.75, 3.05) is 16.4 Å². The molecular weight excluding hydrogens is 346 g/mol. The molecular formula is C20H17N3O4. The van der Waals surface area contributed by atoms with Crippen molar-refractivity contribution in [3.63, 3.8) is 0 Å². The minimum atomic E-state index is -1.11. The average molecular weight is 363 g/mol. The predicted molar refractivity (Wildman–Crippen MR) is 104 cm³/mol. The minimum Gasteiger partial charge on any atom is -0.478 e. The lowest BCUT2D eigenvalue weighted by atomic mass is 10.1. The van der Waals surface area contributed by atoms with E-state index in [1.165, 1.54) is 12.1 Å². The molecule has 6 N–H and O–H groups in total. The number of rotatable bonds is 6. The van der Waals surface area contributed by atoms with Gasteiger partial charge in [0.2, 0.25) is 0 Å². The number of nitrogens with one attached hydrogen (secondary N) is 2. The van der Waals surface area contributed by atoms with E-state index >= 15 is 0 Å². The summed E-state index contributed by atoms with van der Waals surface area (Å²) in [6.45, 7) is 0. The maximum Gasteiger partial charge on any atom is 0.337 e. The van der Waals surface area contributed by atoms with E-state index < -0.39 is 11.9 Å². The van der Waals surface area contributed by atoms with E-state index in [2.05, 4.69) is 10.6 Å². The second kappa shape index (κ2) is 7.49. The number of benzene rings is 3. The van der Waals surface area contributed by atoms with E-state index in [9.17, 15) is 19.8 Å². The molecule has 0 aliphatic heterocycles. The number of nitrogens with two attached hydrogens (primary N) is 1. The largest absolute Gasteiger partial charge is 0.478 e. The summed E-state index contributed by atoms with van der Waals surface area (Å²) < 4.78 is 0. The molecule has 0 bridgehead atoms. The molecule has 0 heterocycles. The summed E-state index contributed by atoms with van der Waals surface area (Å²) in [6.07, 6.45) is 0. The lowest BCUT2D eigenvalue weighted by Gasteiger charge is -2.16. The van der Waals surface area contributed by atoms with Gasteiger partial charge in [-0.3, -0.25) is 0 Å². The van der Waals surface area contributed by atoms with Gasteiger partial charge in [0.15, 0.2) is 0 Å². The molecule has 0 aromatic heterocycles. The van der Waals surface area contributed by atoms with Crippen LogP contribution in [0.4, 0.5) is 28.4 Å². The van der Waals surface area contributed by atoms with E-state index in [1.807, 2.05) is 0 Å². The summed E-state index contributed by atoms with van der Waals surface area (Å²) in [5.41, 5.74) is 8.18. The molecule has 7 heteroatoms. The van der Waals surface area contributed by atoms with E-state index in [0.29, 0.717) is 28.4 Å². The van der Waals surface area contributed by atoms with E-state index in [1.54, 1.807) is 54.6 Å². The van der Waals surface area contributed by atoms with Crippen LogP contribution in [0.25, 0.3) is 0 Å². The molecule has 7 nitrogen and oxygen atoms in total. The Morgan fingerprint density at radius 1 is 0.667 bits per heavy atom. The molecule has 0 fully saturated rings. The Hall–Kier alpha value is -4.00. The standard InChI is InChI=1S/C20H17N3O4/c21-12-9-10-16(14(11-12)20(26)27)23-18-8-4-3-7-17(18)22-15-6-2-1-5-13(15)19(24)25/h1-11,22-23H,21H2,(H,24,25)(H,26,27). The van der Waals surface area contributed by atoms with Gasteiger partial charge in [0, 0.05) is 5.69 Å². The fourth-order valence-electron chi connectivity index (χ4n) is 2.62. The first-order chi connectivity index (χ1) is 13.0. The fraction of sp³-hybridized carbons (Fsp3) is 0. The summed E-state index contributed by atoms with van der Waals surface area (Å²) in [4.78, 5) is 22.9. The van der Waals surface area contributed by atoms with Gasteiger partial charge in [0.1, 0.15) is 0 Å². The van der Waals surface area contributed by atoms with Crippen LogP contribution in [-0.4, -0.2) is 22.2 Å². The number of anilines is 5. The molecule has 0 saturated heterocycles. The Morgan fingerprint density at radius 2 is 1.15 bits per heavy atom. The van der Waals surface area contributed by atoms with Crippen LogP contribution in [-0.2, 0) is 0 Å². The van der Waals surface area contributed by atoms with Crippen LogP contribution >= 0.6 is 0 Å². The van der Waals surface area contributed by atoms with Crippen molar-refractivity contribution in [2.24, 2.45) is 0 Å². The Bertz CT molecular complexity index is 1020. The molecule has 27 heavy (non-hydrogen) atoms. The maximum absolute atomic E-state index is 11.5. The van der Waals surface area contributed by atoms with Gasteiger partial charge in [-0.05, 0) is 42.5 Å². The summed E-state index contributed by atoms with van der Waals surface area (Å²) in [5, 5.41) is 24.9. The number of carboxylic acid groups (broad SMARTS) is 2. The Kier molecular flexibility index (Phi) is 4.94. The first-order valence-corrected chi connectivity index (χ1v) is 8.04. The number of carbonyl (C=O) groups is 2. The highest BCUT2D eigenvalue weighted by atomic mass is 16.4. The fourth-order valence-corrected chi connectivity index (χ4v) is 2.62. The van der Waals surface area contributed by atoms with Gasteiger partial charge in [-0.2, -0.15) is 0 Å². The number of aromatic carboxylic acids is 2. The molecule has 0 radical (unpaired) electrons. The summed E-state index contributed by atoms with van der Waals surface area (Å²) in [6, 6.07) is 18.2. The van der Waals surface area contributed by atoms with Crippen LogP contribution in [0.1, 0.15) is 20.7 Å². The Balaban J connectivity index is 1.97. The number of nitrogen functional groups attached to an aromatic ring is 1. The number of hydrogen-bond acceptors (Lipinski definition) is 5. The first kappa shape index (κ1) is 17.8. The second-order valence-electron chi connectivity index (χ2n) is 5.76. The second-order valence-corrected chi connectivity index (χ2v) is 5.76.